The van der Waals surface area contributed by atoms with E-state index in [0.29, 0.717) is 35.5 Å². The number of esters is 1. The number of hydrogen-bond donors (Lipinski definition) is 0. The first-order chi connectivity index (χ1) is 17.8. The molecule has 2 amide bonds. The fourth-order valence-corrected chi connectivity index (χ4v) is 5.09. The van der Waals surface area contributed by atoms with Crippen LogP contribution in [0.15, 0.2) is 59.8 Å². The second kappa shape index (κ2) is 11.7. The van der Waals surface area contributed by atoms with E-state index in [2.05, 4.69) is 11.8 Å². The van der Waals surface area contributed by atoms with Crippen LogP contribution in [0.1, 0.15) is 54.6 Å². The molecule has 0 bridgehead atoms. The molecule has 1 atom stereocenters. The third kappa shape index (κ3) is 5.91. The molecule has 0 spiro atoms. The molecule has 0 radical (unpaired) electrons. The van der Waals surface area contributed by atoms with Gasteiger partial charge in [0.05, 0.1) is 18.7 Å². The summed E-state index contributed by atoms with van der Waals surface area (Å²) in [4.78, 5) is 45.2. The van der Waals surface area contributed by atoms with Crippen LogP contribution in [0, 0.1) is 5.82 Å². The second-order valence-corrected chi connectivity index (χ2v) is 9.43. The lowest BCUT2D eigenvalue weighted by Crippen LogP contribution is -2.48. The van der Waals surface area contributed by atoms with E-state index >= 15 is 0 Å². The summed E-state index contributed by atoms with van der Waals surface area (Å²) in [7, 11) is 0. The summed E-state index contributed by atoms with van der Waals surface area (Å²) in [6.45, 7) is 10.1. The zero-order valence-electron chi connectivity index (χ0n) is 21.7. The Bertz CT molecular complexity index is 1190. The van der Waals surface area contributed by atoms with Crippen molar-refractivity contribution in [2.75, 3.05) is 39.3 Å². The Balaban J connectivity index is 1.59. The van der Waals surface area contributed by atoms with E-state index in [0.717, 1.165) is 25.2 Å². The number of amides is 2. The molecule has 7 nitrogen and oxygen atoms in total. The summed E-state index contributed by atoms with van der Waals surface area (Å²) < 4.78 is 18.9. The number of carbonyl (C=O) groups is 3. The number of likely N-dealkylation sites (N-methyl/N-ethyl adjacent to an activating group) is 1. The van der Waals surface area contributed by atoms with Gasteiger partial charge in [0, 0.05) is 49.8 Å². The maximum Gasteiger partial charge on any atom is 0.336 e. The number of allylic oxidation sites excluding steroid dienone is 1. The van der Waals surface area contributed by atoms with E-state index in [1.165, 1.54) is 12.1 Å². The highest BCUT2D eigenvalue weighted by atomic mass is 19.1. The van der Waals surface area contributed by atoms with Crippen LogP contribution in [-0.4, -0.2) is 71.8 Å². The van der Waals surface area contributed by atoms with Gasteiger partial charge < -0.3 is 19.4 Å². The van der Waals surface area contributed by atoms with Crippen molar-refractivity contribution >= 4 is 17.8 Å². The molecule has 0 saturated carbocycles. The molecule has 1 saturated heterocycles. The Morgan fingerprint density at radius 3 is 2.38 bits per heavy atom. The Hall–Kier alpha value is -3.52. The largest absolute Gasteiger partial charge is 0.463 e. The van der Waals surface area contributed by atoms with Crippen LogP contribution < -0.4 is 0 Å². The lowest BCUT2D eigenvalue weighted by Gasteiger charge is -2.35. The molecule has 2 aromatic rings. The van der Waals surface area contributed by atoms with Crippen LogP contribution in [0.3, 0.4) is 0 Å². The Morgan fingerprint density at radius 2 is 1.73 bits per heavy atom. The van der Waals surface area contributed by atoms with Crippen molar-refractivity contribution in [3.8, 4) is 0 Å². The molecular weight excluding hydrogens is 473 g/mol. The molecule has 2 aliphatic rings. The zero-order chi connectivity index (χ0) is 26.5. The van der Waals surface area contributed by atoms with Crippen LogP contribution >= 0.6 is 0 Å². The molecule has 0 N–H and O–H groups in total. The number of rotatable bonds is 7. The first-order valence-corrected chi connectivity index (χ1v) is 12.9. The lowest BCUT2D eigenvalue weighted by atomic mass is 9.83. The maximum atomic E-state index is 13.5. The van der Waals surface area contributed by atoms with E-state index in [1.54, 1.807) is 36.9 Å². The SMILES string of the molecule is CCOC(=O)C1=C(C)N(Cc2cccc(C(=O)N3CCN(CC)CC3)c2)C(=O)CC1c1ccc(F)cc1. The fourth-order valence-electron chi connectivity index (χ4n) is 5.09. The summed E-state index contributed by atoms with van der Waals surface area (Å²) in [5.74, 6) is -1.54. The summed E-state index contributed by atoms with van der Waals surface area (Å²) in [6.07, 6.45) is 0.0669. The standard InChI is InChI=1S/C29H34FN3O4/c1-4-31-13-15-32(16-14-31)28(35)23-8-6-7-21(17-23)19-33-20(3)27(29(36)37-5-2)25(18-26(33)34)22-9-11-24(30)12-10-22/h6-12,17,25H,4-5,13-16,18-19H2,1-3H3. The molecule has 8 heteroatoms. The molecule has 0 aromatic heterocycles. The number of piperazine rings is 1. The summed E-state index contributed by atoms with van der Waals surface area (Å²) in [6, 6.07) is 13.2. The normalized spacial score (nSPS) is 18.8. The van der Waals surface area contributed by atoms with Gasteiger partial charge in [-0.2, -0.15) is 0 Å². The number of ether oxygens (including phenoxy) is 1. The van der Waals surface area contributed by atoms with Crippen LogP contribution in [-0.2, 0) is 20.9 Å². The van der Waals surface area contributed by atoms with E-state index in [-0.39, 0.29) is 37.2 Å². The van der Waals surface area contributed by atoms with Gasteiger partial charge in [-0.05, 0) is 55.8 Å². The summed E-state index contributed by atoms with van der Waals surface area (Å²) >= 11 is 0. The van der Waals surface area contributed by atoms with Crippen LogP contribution in [0.2, 0.25) is 0 Å². The molecule has 2 heterocycles. The number of carbonyl (C=O) groups excluding carboxylic acids is 3. The fraction of sp³-hybridized carbons (Fsp3) is 0.414. The molecule has 1 fully saturated rings. The molecule has 2 aliphatic heterocycles. The third-order valence-electron chi connectivity index (χ3n) is 7.21. The van der Waals surface area contributed by atoms with Crippen molar-refractivity contribution in [1.82, 2.24) is 14.7 Å². The summed E-state index contributed by atoms with van der Waals surface area (Å²) in [5.41, 5.74) is 2.98. The third-order valence-corrected chi connectivity index (χ3v) is 7.21. The van der Waals surface area contributed by atoms with Crippen LogP contribution in [0.4, 0.5) is 4.39 Å². The molecule has 37 heavy (non-hydrogen) atoms. The molecule has 196 valence electrons. The van der Waals surface area contributed by atoms with Crippen molar-refractivity contribution in [3.05, 3.63) is 82.3 Å². The highest BCUT2D eigenvalue weighted by Crippen LogP contribution is 2.37. The van der Waals surface area contributed by atoms with E-state index in [9.17, 15) is 18.8 Å². The van der Waals surface area contributed by atoms with Gasteiger partial charge in [0.25, 0.3) is 5.91 Å². The van der Waals surface area contributed by atoms with Gasteiger partial charge in [-0.1, -0.05) is 31.2 Å². The number of benzene rings is 2. The maximum absolute atomic E-state index is 13.5. The van der Waals surface area contributed by atoms with Gasteiger partial charge in [0.1, 0.15) is 5.82 Å². The van der Waals surface area contributed by atoms with Crippen molar-refractivity contribution in [2.24, 2.45) is 0 Å². The molecule has 0 aliphatic carbocycles. The number of nitrogens with zero attached hydrogens (tertiary/aromatic N) is 3. The lowest BCUT2D eigenvalue weighted by molar-refractivity contribution is -0.140. The van der Waals surface area contributed by atoms with Crippen molar-refractivity contribution in [1.29, 1.82) is 0 Å². The zero-order valence-corrected chi connectivity index (χ0v) is 21.7. The quantitative estimate of drug-likeness (QED) is 0.531. The van der Waals surface area contributed by atoms with Crippen molar-refractivity contribution in [3.63, 3.8) is 0 Å². The number of hydrogen-bond acceptors (Lipinski definition) is 5. The molecule has 1 unspecified atom stereocenters. The Morgan fingerprint density at radius 1 is 1.03 bits per heavy atom. The monoisotopic (exact) mass is 507 g/mol. The Labute approximate surface area is 217 Å². The average molecular weight is 508 g/mol. The minimum Gasteiger partial charge on any atom is -0.463 e. The minimum atomic E-state index is -0.516. The first-order valence-electron chi connectivity index (χ1n) is 12.9. The topological polar surface area (TPSA) is 70.2 Å². The Kier molecular flexibility index (Phi) is 8.38. The smallest absolute Gasteiger partial charge is 0.336 e. The predicted octanol–water partition coefficient (Wildman–Crippen LogP) is 3.96. The van der Waals surface area contributed by atoms with Gasteiger partial charge in [-0.25, -0.2) is 9.18 Å². The van der Waals surface area contributed by atoms with E-state index in [4.69, 9.17) is 4.74 Å². The van der Waals surface area contributed by atoms with Gasteiger partial charge in [0.15, 0.2) is 0 Å². The van der Waals surface area contributed by atoms with E-state index < -0.39 is 11.9 Å². The van der Waals surface area contributed by atoms with Crippen molar-refractivity contribution < 1.29 is 23.5 Å². The van der Waals surface area contributed by atoms with Gasteiger partial charge in [0.2, 0.25) is 5.91 Å². The van der Waals surface area contributed by atoms with Gasteiger partial charge in [-0.3, -0.25) is 9.59 Å². The predicted molar refractivity (Wildman–Crippen MR) is 138 cm³/mol. The van der Waals surface area contributed by atoms with Gasteiger partial charge >= 0.3 is 5.97 Å². The van der Waals surface area contributed by atoms with Crippen LogP contribution in [0.25, 0.3) is 0 Å². The van der Waals surface area contributed by atoms with Gasteiger partial charge in [-0.15, -0.1) is 0 Å². The van der Waals surface area contributed by atoms with Crippen LogP contribution in [0.5, 0.6) is 0 Å². The molecular formula is C29H34FN3O4. The summed E-state index contributed by atoms with van der Waals surface area (Å²) in [5, 5.41) is 0. The highest BCUT2D eigenvalue weighted by molar-refractivity contribution is 5.96. The first kappa shape index (κ1) is 26.5. The average Bonchev–Trinajstić information content (AvgIpc) is 2.91. The highest BCUT2D eigenvalue weighted by Gasteiger charge is 2.37. The molecule has 4 rings (SSSR count). The second-order valence-electron chi connectivity index (χ2n) is 9.43. The van der Waals surface area contributed by atoms with E-state index in [1.807, 2.05) is 23.1 Å². The minimum absolute atomic E-state index is 0.0153. The van der Waals surface area contributed by atoms with Crippen molar-refractivity contribution in [2.45, 2.75) is 39.7 Å². The number of halogens is 1. The molecule has 2 aromatic carbocycles.